The second kappa shape index (κ2) is 27.0. The Morgan fingerprint density at radius 1 is 0.882 bits per heavy atom. The van der Waals surface area contributed by atoms with E-state index >= 15 is 0 Å². The second-order valence-electron chi connectivity index (χ2n) is 19.7. The Labute approximate surface area is 407 Å². The number of oxime groups is 1. The van der Waals surface area contributed by atoms with Crippen molar-refractivity contribution in [2.75, 3.05) is 45.9 Å². The highest BCUT2D eigenvalue weighted by Crippen LogP contribution is 2.62. The van der Waals surface area contributed by atoms with Crippen molar-refractivity contribution in [1.82, 2.24) is 4.90 Å². The lowest BCUT2D eigenvalue weighted by atomic mass is 9.55. The number of hydrogen-bond donors (Lipinski definition) is 3. The number of amides is 2. The third-order valence-corrected chi connectivity index (χ3v) is 13.6. The average Bonchev–Trinajstić information content (AvgIpc) is 3.32. The first-order chi connectivity index (χ1) is 32.9. The molecule has 2 aromatic carbocycles. The third-order valence-electron chi connectivity index (χ3n) is 13.6. The van der Waals surface area contributed by atoms with Gasteiger partial charge in [-0.15, -0.1) is 6.58 Å². The summed E-state index contributed by atoms with van der Waals surface area (Å²) in [7, 11) is 3.08. The van der Waals surface area contributed by atoms with Gasteiger partial charge >= 0.3 is 6.09 Å². The van der Waals surface area contributed by atoms with E-state index in [0.717, 1.165) is 68.2 Å². The summed E-state index contributed by atoms with van der Waals surface area (Å²) in [6.45, 7) is 15.2. The van der Waals surface area contributed by atoms with E-state index in [1.54, 1.807) is 37.5 Å². The molecule has 6 atom stereocenters. The molecule has 5 rings (SSSR count). The molecule has 0 bridgehead atoms. The molecular formula is C55H83N3O10. The molecule has 0 radical (unpaired) electrons. The topological polar surface area (TPSA) is 158 Å². The van der Waals surface area contributed by atoms with Gasteiger partial charge in [0, 0.05) is 50.1 Å². The highest BCUT2D eigenvalue weighted by atomic mass is 16.7. The Balaban J connectivity index is 1.64. The van der Waals surface area contributed by atoms with Crippen LogP contribution in [0.3, 0.4) is 0 Å². The molecule has 68 heavy (non-hydrogen) atoms. The van der Waals surface area contributed by atoms with Crippen LogP contribution in [-0.4, -0.2) is 90.8 Å². The predicted octanol–water partition coefficient (Wildman–Crippen LogP) is 11.9. The molecule has 0 spiro atoms. The Morgan fingerprint density at radius 3 is 2.22 bits per heavy atom. The summed E-state index contributed by atoms with van der Waals surface area (Å²) < 4.78 is 31.5. The molecule has 3 N–H and O–H groups in total. The molecule has 1 aliphatic heterocycles. The van der Waals surface area contributed by atoms with Crippen LogP contribution in [0.1, 0.15) is 162 Å². The van der Waals surface area contributed by atoms with E-state index in [9.17, 15) is 19.8 Å². The minimum Gasteiger partial charge on any atom is -0.497 e. The standard InChI is InChI=1S/C55H83N3O10/c1-9-12-13-14-15-16-17-18-19-26-50(61)58(31-10-2)49-38-46(57-68-54(4,5)6)43-35-39(24-20-22-32-59)42(25-21-23-33-60)51-44-36-41(28-30-47(44)67-55(49,52(43)51)65-34-11-3)66-53(62)56-45-29-27-40(63-7)37-48(45)64-8/h11,27-30,35-37,39,42,49,51-52,59-60H,3,9-10,12-26,31-34,38H2,1-2,4-8H3,(H,56,62). The van der Waals surface area contributed by atoms with Gasteiger partial charge in [-0.1, -0.05) is 95.4 Å². The van der Waals surface area contributed by atoms with E-state index in [-0.39, 0.29) is 43.5 Å². The largest absolute Gasteiger partial charge is 0.497 e. The van der Waals surface area contributed by atoms with Gasteiger partial charge < -0.3 is 43.6 Å². The summed E-state index contributed by atoms with van der Waals surface area (Å²) in [4.78, 5) is 36.8. The maximum Gasteiger partial charge on any atom is 0.417 e. The predicted molar refractivity (Wildman–Crippen MR) is 269 cm³/mol. The molecule has 3 aliphatic rings. The molecule has 1 saturated carbocycles. The molecule has 0 saturated heterocycles. The molecule has 1 heterocycles. The average molecular weight is 946 g/mol. The molecular weight excluding hydrogens is 863 g/mol. The summed E-state index contributed by atoms with van der Waals surface area (Å²) in [5.41, 5.74) is 2.39. The lowest BCUT2D eigenvalue weighted by Gasteiger charge is -2.60. The zero-order valence-electron chi connectivity index (χ0n) is 42.3. The zero-order valence-corrected chi connectivity index (χ0v) is 42.3. The van der Waals surface area contributed by atoms with Crippen LogP contribution in [0.2, 0.25) is 0 Å². The fraction of sp³-hybridized carbons (Fsp3) is 0.655. The summed E-state index contributed by atoms with van der Waals surface area (Å²) in [5, 5.41) is 27.8. The molecule has 2 aliphatic carbocycles. The highest BCUT2D eigenvalue weighted by Gasteiger charge is 2.65. The number of ether oxygens (including phenoxy) is 5. The van der Waals surface area contributed by atoms with E-state index in [1.165, 1.54) is 45.6 Å². The molecule has 2 aromatic rings. The minimum absolute atomic E-state index is 0.0109. The molecule has 13 heteroatoms. The van der Waals surface area contributed by atoms with Crippen molar-refractivity contribution in [3.05, 3.63) is 66.3 Å². The van der Waals surface area contributed by atoms with E-state index in [4.69, 9.17) is 33.7 Å². The fourth-order valence-electron chi connectivity index (χ4n) is 10.5. The molecule has 1 fully saturated rings. The number of aliphatic hydroxyl groups is 2. The van der Waals surface area contributed by atoms with E-state index in [2.05, 4.69) is 31.8 Å². The van der Waals surface area contributed by atoms with Gasteiger partial charge in [-0.2, -0.15) is 0 Å². The Morgan fingerprint density at radius 2 is 1.57 bits per heavy atom. The number of unbranched alkanes of at least 4 members (excludes halogenated alkanes) is 10. The van der Waals surface area contributed by atoms with Crippen LogP contribution < -0.4 is 24.3 Å². The van der Waals surface area contributed by atoms with Gasteiger partial charge in [-0.3, -0.25) is 10.1 Å². The first-order valence-corrected chi connectivity index (χ1v) is 25.6. The first kappa shape index (κ1) is 54.4. The summed E-state index contributed by atoms with van der Waals surface area (Å²) >= 11 is 0. The number of rotatable bonds is 29. The number of benzene rings is 2. The van der Waals surface area contributed by atoms with Crippen molar-refractivity contribution in [3.8, 4) is 23.0 Å². The number of nitrogens with zero attached hydrogens (tertiary/aromatic N) is 2. The van der Waals surface area contributed by atoms with Crippen molar-refractivity contribution >= 4 is 23.4 Å². The fourth-order valence-corrected chi connectivity index (χ4v) is 10.5. The van der Waals surface area contributed by atoms with Crippen molar-refractivity contribution in [3.63, 3.8) is 0 Å². The normalized spacial score (nSPS) is 22.3. The number of carbonyl (C=O) groups excluding carboxylic acids is 2. The summed E-state index contributed by atoms with van der Waals surface area (Å²) in [6, 6.07) is 10.00. The van der Waals surface area contributed by atoms with Gasteiger partial charge in [0.2, 0.25) is 11.7 Å². The number of methoxy groups -OCH3 is 2. The van der Waals surface area contributed by atoms with Crippen molar-refractivity contribution < 1.29 is 48.3 Å². The van der Waals surface area contributed by atoms with Crippen LogP contribution in [0.4, 0.5) is 10.5 Å². The van der Waals surface area contributed by atoms with E-state index < -0.39 is 29.4 Å². The van der Waals surface area contributed by atoms with Crippen LogP contribution in [0, 0.1) is 17.8 Å². The van der Waals surface area contributed by atoms with Gasteiger partial charge in [0.05, 0.1) is 38.1 Å². The number of aliphatic hydroxyl groups excluding tert-OH is 2. The number of carbonyl (C=O) groups is 2. The van der Waals surface area contributed by atoms with Crippen LogP contribution in [0.5, 0.6) is 23.0 Å². The number of fused-ring (bicyclic) bond motifs is 2. The monoisotopic (exact) mass is 946 g/mol. The Hall–Kier alpha value is -4.59. The molecule has 6 unspecified atom stereocenters. The maximum absolute atomic E-state index is 14.8. The van der Waals surface area contributed by atoms with Gasteiger partial charge in [-0.25, -0.2) is 4.79 Å². The SMILES string of the molecule is C=CCOC12Oc3ccc(OC(=O)Nc4ccc(OC)cc4OC)cc3C3C(CCCCO)C(CCCCO)C=C(C(=NOC(C)(C)C)CC1N(CCC)C(=O)CCCCCCCCCCC)C32. The number of anilines is 1. The number of allylic oxidation sites excluding steroid dienone is 1. The summed E-state index contributed by atoms with van der Waals surface area (Å²) in [6.07, 6.45) is 19.8. The van der Waals surface area contributed by atoms with Gasteiger partial charge in [0.15, 0.2) is 0 Å². The van der Waals surface area contributed by atoms with Crippen LogP contribution in [0.15, 0.2) is 65.9 Å². The number of nitrogens with one attached hydrogen (secondary N) is 1. The van der Waals surface area contributed by atoms with Gasteiger partial charge in [0.1, 0.15) is 34.6 Å². The highest BCUT2D eigenvalue weighted by molar-refractivity contribution is 6.03. The van der Waals surface area contributed by atoms with Crippen molar-refractivity contribution in [1.29, 1.82) is 0 Å². The quantitative estimate of drug-likeness (QED) is 0.0407. The lowest BCUT2D eigenvalue weighted by Crippen LogP contribution is -2.70. The minimum atomic E-state index is -1.36. The maximum atomic E-state index is 14.8. The van der Waals surface area contributed by atoms with Gasteiger partial charge in [0.25, 0.3) is 0 Å². The smallest absolute Gasteiger partial charge is 0.417 e. The van der Waals surface area contributed by atoms with Crippen LogP contribution in [-0.2, 0) is 14.4 Å². The van der Waals surface area contributed by atoms with E-state index in [1.807, 2.05) is 37.8 Å². The van der Waals surface area contributed by atoms with Crippen LogP contribution >= 0.6 is 0 Å². The molecule has 13 nitrogen and oxygen atoms in total. The van der Waals surface area contributed by atoms with Crippen molar-refractivity contribution in [2.24, 2.45) is 22.9 Å². The van der Waals surface area contributed by atoms with E-state index in [0.29, 0.717) is 60.9 Å². The molecule has 378 valence electrons. The second-order valence-corrected chi connectivity index (χ2v) is 19.7. The molecule has 0 aromatic heterocycles. The Bertz CT molecular complexity index is 1980. The third kappa shape index (κ3) is 14.2. The van der Waals surface area contributed by atoms with Crippen LogP contribution in [0.25, 0.3) is 0 Å². The van der Waals surface area contributed by atoms with Gasteiger partial charge in [-0.05, 0) is 107 Å². The zero-order chi connectivity index (χ0) is 49.1. The first-order valence-electron chi connectivity index (χ1n) is 25.6. The lowest BCUT2D eigenvalue weighted by molar-refractivity contribution is -0.257. The summed E-state index contributed by atoms with van der Waals surface area (Å²) in [5.74, 6) is -0.0840. The number of hydrogen-bond acceptors (Lipinski definition) is 11. The van der Waals surface area contributed by atoms with Crippen molar-refractivity contribution in [2.45, 2.75) is 174 Å². The Kier molecular flexibility index (Phi) is 21.6. The molecule has 2 amide bonds.